The summed E-state index contributed by atoms with van der Waals surface area (Å²) in [5.74, 6) is 0.849. The summed E-state index contributed by atoms with van der Waals surface area (Å²) in [6.45, 7) is 1.77. The van der Waals surface area contributed by atoms with Crippen molar-refractivity contribution in [3.63, 3.8) is 0 Å². The number of hydrogen-bond acceptors (Lipinski definition) is 4. The van der Waals surface area contributed by atoms with Crippen LogP contribution in [0.15, 0.2) is 82.4 Å². The van der Waals surface area contributed by atoms with E-state index in [1.54, 1.807) is 6.92 Å². The number of hydrogen-bond donors (Lipinski definition) is 1. The minimum atomic E-state index is -4.38. The third-order valence-electron chi connectivity index (χ3n) is 4.86. The van der Waals surface area contributed by atoms with Gasteiger partial charge in [0.1, 0.15) is 11.5 Å². The van der Waals surface area contributed by atoms with Crippen LogP contribution in [-0.4, -0.2) is 16.4 Å². The molecule has 0 aliphatic carbocycles. The quantitative estimate of drug-likeness (QED) is 0.223. The molecule has 3 aromatic carbocycles. The molecule has 4 nitrogen and oxygen atoms in total. The first-order valence-corrected chi connectivity index (χ1v) is 9.38. The minimum absolute atomic E-state index is 0.270. The fourth-order valence-corrected chi connectivity index (χ4v) is 3.24. The molecule has 0 fully saturated rings. The lowest BCUT2D eigenvalue weighted by Crippen LogP contribution is -2.03. The molecule has 0 unspecified atom stereocenters. The van der Waals surface area contributed by atoms with E-state index < -0.39 is 11.7 Å². The number of oxazole rings is 1. The van der Waals surface area contributed by atoms with Gasteiger partial charge in [0, 0.05) is 11.1 Å². The molecule has 0 atom stereocenters. The van der Waals surface area contributed by atoms with Crippen LogP contribution in [-0.2, 0) is 6.18 Å². The molecule has 31 heavy (non-hydrogen) atoms. The molecule has 7 heteroatoms. The van der Waals surface area contributed by atoms with E-state index in [9.17, 15) is 13.2 Å². The molecule has 4 rings (SSSR count). The largest absolute Gasteiger partial charge is 0.441 e. The lowest BCUT2D eigenvalue weighted by atomic mass is 10.0. The van der Waals surface area contributed by atoms with Gasteiger partial charge in [-0.3, -0.25) is 0 Å². The molecule has 1 aromatic heterocycles. The number of halogens is 3. The van der Waals surface area contributed by atoms with Crippen molar-refractivity contribution in [1.82, 2.24) is 4.98 Å². The molecule has 0 radical (unpaired) electrons. The van der Waals surface area contributed by atoms with Gasteiger partial charge in [-0.25, -0.2) is 4.98 Å². The number of aryl methyl sites for hydroxylation is 1. The highest BCUT2D eigenvalue weighted by molar-refractivity contribution is 5.80. The summed E-state index contributed by atoms with van der Waals surface area (Å²) in [5, 5.41) is 11.6. The Balaban J connectivity index is 1.58. The SMILES string of the molecule is Cc1oc(-c2ccc(C(F)(F)F)cc2)nc1-c1ccc(-c2ccc(/C=N/O)cc2)cc1. The molecule has 1 heterocycles. The second-order valence-corrected chi connectivity index (χ2v) is 6.94. The Labute approximate surface area is 176 Å². The molecule has 156 valence electrons. The highest BCUT2D eigenvalue weighted by atomic mass is 19.4. The maximum atomic E-state index is 12.8. The number of rotatable bonds is 4. The van der Waals surface area contributed by atoms with Gasteiger partial charge in [-0.05, 0) is 47.9 Å². The van der Waals surface area contributed by atoms with Gasteiger partial charge >= 0.3 is 6.18 Å². The van der Waals surface area contributed by atoms with Crippen molar-refractivity contribution in [3.05, 3.63) is 89.7 Å². The van der Waals surface area contributed by atoms with E-state index >= 15 is 0 Å². The Bertz CT molecular complexity index is 1210. The van der Waals surface area contributed by atoms with Crippen LogP contribution in [0.3, 0.4) is 0 Å². The van der Waals surface area contributed by atoms with Gasteiger partial charge in [0.05, 0.1) is 11.8 Å². The second-order valence-electron chi connectivity index (χ2n) is 6.94. The zero-order valence-electron chi connectivity index (χ0n) is 16.4. The molecule has 0 aliphatic heterocycles. The maximum absolute atomic E-state index is 12.8. The third-order valence-corrected chi connectivity index (χ3v) is 4.86. The standard InChI is InChI=1S/C24H17F3N2O2/c1-15-22(29-23(31-15)20-10-12-21(13-11-20)24(25,26)27)19-8-6-18(7-9-19)17-4-2-16(3-5-17)14-28-30/h2-14,30H,1H3/b28-14+. The molecule has 0 aliphatic rings. The van der Waals surface area contributed by atoms with Crippen LogP contribution < -0.4 is 0 Å². The summed E-state index contributed by atoms with van der Waals surface area (Å²) >= 11 is 0. The molecule has 1 N–H and O–H groups in total. The van der Waals surface area contributed by atoms with Crippen molar-refractivity contribution in [2.75, 3.05) is 0 Å². The Kier molecular flexibility index (Phi) is 5.33. The van der Waals surface area contributed by atoms with Gasteiger partial charge in [-0.15, -0.1) is 0 Å². The lowest BCUT2D eigenvalue weighted by Gasteiger charge is -2.06. The topological polar surface area (TPSA) is 58.6 Å². The number of aromatic nitrogens is 1. The zero-order chi connectivity index (χ0) is 22.0. The average Bonchev–Trinajstić information content (AvgIpc) is 3.16. The van der Waals surface area contributed by atoms with E-state index in [-0.39, 0.29) is 5.89 Å². The van der Waals surface area contributed by atoms with Gasteiger partial charge in [0.15, 0.2) is 0 Å². The van der Waals surface area contributed by atoms with Gasteiger partial charge in [0.2, 0.25) is 5.89 Å². The molecule has 0 saturated carbocycles. The first-order chi connectivity index (χ1) is 14.8. The molecule has 0 saturated heterocycles. The fraction of sp³-hybridized carbons (Fsp3) is 0.0833. The van der Waals surface area contributed by atoms with E-state index in [4.69, 9.17) is 9.62 Å². The Morgan fingerprint density at radius 2 is 1.32 bits per heavy atom. The predicted octanol–water partition coefficient (Wildman–Crippen LogP) is 6.81. The van der Waals surface area contributed by atoms with Crippen molar-refractivity contribution < 1.29 is 22.8 Å². The number of nitrogens with zero attached hydrogens (tertiary/aromatic N) is 2. The highest BCUT2D eigenvalue weighted by Crippen LogP contribution is 2.33. The number of benzene rings is 3. The molecule has 4 aromatic rings. The predicted molar refractivity (Wildman–Crippen MR) is 112 cm³/mol. The van der Waals surface area contributed by atoms with Crippen LogP contribution >= 0.6 is 0 Å². The molecular formula is C24H17F3N2O2. The van der Waals surface area contributed by atoms with Crippen molar-refractivity contribution in [3.8, 4) is 33.8 Å². The monoisotopic (exact) mass is 422 g/mol. The summed E-state index contributed by atoms with van der Waals surface area (Å²) in [4.78, 5) is 4.49. The minimum Gasteiger partial charge on any atom is -0.441 e. The first kappa shape index (κ1) is 20.4. The molecular weight excluding hydrogens is 405 g/mol. The number of alkyl halides is 3. The molecule has 0 amide bonds. The first-order valence-electron chi connectivity index (χ1n) is 9.38. The maximum Gasteiger partial charge on any atom is 0.416 e. The van der Waals surface area contributed by atoms with E-state index in [0.717, 1.165) is 34.4 Å². The van der Waals surface area contributed by atoms with Crippen LogP contribution in [0.1, 0.15) is 16.9 Å². The highest BCUT2D eigenvalue weighted by Gasteiger charge is 2.30. The van der Waals surface area contributed by atoms with E-state index in [0.29, 0.717) is 17.0 Å². The lowest BCUT2D eigenvalue weighted by molar-refractivity contribution is -0.137. The molecule has 0 bridgehead atoms. The van der Waals surface area contributed by atoms with E-state index in [2.05, 4.69) is 10.1 Å². The van der Waals surface area contributed by atoms with Crippen LogP contribution in [0.5, 0.6) is 0 Å². The third kappa shape index (κ3) is 4.35. The summed E-state index contributed by atoms with van der Waals surface area (Å²) in [5.41, 5.74) is 4.03. The zero-order valence-corrected chi connectivity index (χ0v) is 16.4. The smallest absolute Gasteiger partial charge is 0.416 e. The summed E-state index contributed by atoms with van der Waals surface area (Å²) in [7, 11) is 0. The number of oxime groups is 1. The van der Waals surface area contributed by atoms with Crippen LogP contribution in [0.25, 0.3) is 33.8 Å². The van der Waals surface area contributed by atoms with Gasteiger partial charge < -0.3 is 9.62 Å². The second kappa shape index (κ2) is 8.10. The van der Waals surface area contributed by atoms with Gasteiger partial charge in [-0.2, -0.15) is 13.2 Å². The van der Waals surface area contributed by atoms with Crippen molar-refractivity contribution in [2.24, 2.45) is 5.16 Å². The van der Waals surface area contributed by atoms with Gasteiger partial charge in [-0.1, -0.05) is 53.7 Å². The Morgan fingerprint density at radius 1 is 0.806 bits per heavy atom. The van der Waals surface area contributed by atoms with E-state index in [1.807, 2.05) is 48.5 Å². The van der Waals surface area contributed by atoms with Gasteiger partial charge in [0.25, 0.3) is 0 Å². The Morgan fingerprint density at radius 3 is 1.87 bits per heavy atom. The van der Waals surface area contributed by atoms with Crippen molar-refractivity contribution in [2.45, 2.75) is 13.1 Å². The van der Waals surface area contributed by atoms with Crippen LogP contribution in [0.2, 0.25) is 0 Å². The summed E-state index contributed by atoms with van der Waals surface area (Å²) in [6, 6.07) is 20.0. The average molecular weight is 422 g/mol. The van der Waals surface area contributed by atoms with Crippen molar-refractivity contribution >= 4 is 6.21 Å². The van der Waals surface area contributed by atoms with Crippen LogP contribution in [0, 0.1) is 6.92 Å². The fourth-order valence-electron chi connectivity index (χ4n) is 3.24. The molecule has 0 spiro atoms. The van der Waals surface area contributed by atoms with Crippen LogP contribution in [0.4, 0.5) is 13.2 Å². The Hall–Kier alpha value is -3.87. The summed E-state index contributed by atoms with van der Waals surface area (Å²) < 4.78 is 44.0. The summed E-state index contributed by atoms with van der Waals surface area (Å²) in [6.07, 6.45) is -3.03. The normalized spacial score (nSPS) is 11.9. The van der Waals surface area contributed by atoms with Crippen molar-refractivity contribution in [1.29, 1.82) is 0 Å². The van der Waals surface area contributed by atoms with E-state index in [1.165, 1.54) is 18.3 Å².